The average Bonchev–Trinajstić information content (AvgIpc) is 3.08. The topological polar surface area (TPSA) is 92.1 Å². The fourth-order valence-corrected chi connectivity index (χ4v) is 2.51. The van der Waals surface area contributed by atoms with Gasteiger partial charge in [0, 0.05) is 45.1 Å². The molecule has 0 spiro atoms. The van der Waals surface area contributed by atoms with E-state index in [1.807, 2.05) is 11.5 Å². The normalized spacial score (nSPS) is 14.8. The van der Waals surface area contributed by atoms with Crippen molar-refractivity contribution < 1.29 is 4.79 Å². The van der Waals surface area contributed by atoms with Crippen LogP contribution in [0.1, 0.15) is 12.7 Å². The highest BCUT2D eigenvalue weighted by Gasteiger charge is 2.22. The zero-order valence-corrected chi connectivity index (χ0v) is 13.1. The van der Waals surface area contributed by atoms with E-state index in [1.165, 1.54) is 0 Å². The third-order valence-corrected chi connectivity index (χ3v) is 3.84. The predicted octanol–water partition coefficient (Wildman–Crippen LogP) is 0.120. The number of nitrogens with one attached hydrogen (secondary N) is 1. The molecule has 3 heterocycles. The van der Waals surface area contributed by atoms with Crippen molar-refractivity contribution in [3.8, 4) is 0 Å². The first-order valence-corrected chi connectivity index (χ1v) is 7.69. The largest absolute Gasteiger partial charge is 0.337 e. The van der Waals surface area contributed by atoms with Crippen molar-refractivity contribution in [1.29, 1.82) is 0 Å². The van der Waals surface area contributed by atoms with Crippen LogP contribution in [0.15, 0.2) is 24.8 Å². The number of piperazine rings is 1. The minimum absolute atomic E-state index is 0.0794. The van der Waals surface area contributed by atoms with Gasteiger partial charge in [0.2, 0.25) is 5.95 Å². The molecule has 0 radical (unpaired) electrons. The zero-order chi connectivity index (χ0) is 16.1. The third kappa shape index (κ3) is 3.55. The van der Waals surface area contributed by atoms with Gasteiger partial charge in [0.05, 0.1) is 6.54 Å². The summed E-state index contributed by atoms with van der Waals surface area (Å²) in [6.07, 6.45) is 5.12. The van der Waals surface area contributed by atoms with Crippen LogP contribution in [0.2, 0.25) is 0 Å². The maximum atomic E-state index is 12.2. The van der Waals surface area contributed by atoms with E-state index >= 15 is 0 Å². The molecule has 9 heteroatoms. The minimum atomic E-state index is -0.0794. The smallest absolute Gasteiger partial charge is 0.317 e. The summed E-state index contributed by atoms with van der Waals surface area (Å²) in [4.78, 5) is 24.6. The first-order chi connectivity index (χ1) is 11.3. The summed E-state index contributed by atoms with van der Waals surface area (Å²) in [6.45, 7) is 5.92. The molecule has 1 fully saturated rings. The molecular weight excluding hydrogens is 296 g/mol. The highest BCUT2D eigenvalue weighted by atomic mass is 16.2. The van der Waals surface area contributed by atoms with Gasteiger partial charge in [-0.05, 0) is 13.0 Å². The van der Waals surface area contributed by atoms with Gasteiger partial charge < -0.3 is 19.7 Å². The molecule has 0 bridgehead atoms. The molecule has 1 aliphatic rings. The van der Waals surface area contributed by atoms with Crippen LogP contribution in [-0.4, -0.2) is 61.8 Å². The number of carbonyl (C=O) groups excluding carboxylic acids is 1. The van der Waals surface area contributed by atoms with Gasteiger partial charge in [-0.3, -0.25) is 0 Å². The fourth-order valence-electron chi connectivity index (χ4n) is 2.51. The summed E-state index contributed by atoms with van der Waals surface area (Å²) >= 11 is 0. The molecule has 2 amide bonds. The molecule has 0 aliphatic carbocycles. The molecule has 0 unspecified atom stereocenters. The molecule has 2 aromatic rings. The van der Waals surface area contributed by atoms with Crippen molar-refractivity contribution in [2.75, 3.05) is 31.1 Å². The summed E-state index contributed by atoms with van der Waals surface area (Å²) in [5.74, 6) is 1.47. The van der Waals surface area contributed by atoms with Crippen molar-refractivity contribution in [3.63, 3.8) is 0 Å². The molecule has 3 rings (SSSR count). The highest BCUT2D eigenvalue weighted by molar-refractivity contribution is 5.74. The van der Waals surface area contributed by atoms with Crippen molar-refractivity contribution in [3.05, 3.63) is 30.6 Å². The van der Waals surface area contributed by atoms with Gasteiger partial charge in [0.25, 0.3) is 0 Å². The van der Waals surface area contributed by atoms with Crippen LogP contribution in [-0.2, 0) is 13.1 Å². The molecule has 2 aromatic heterocycles. The number of anilines is 1. The first kappa shape index (κ1) is 15.2. The van der Waals surface area contributed by atoms with Crippen molar-refractivity contribution in [2.24, 2.45) is 0 Å². The van der Waals surface area contributed by atoms with E-state index in [-0.39, 0.29) is 6.03 Å². The van der Waals surface area contributed by atoms with Gasteiger partial charge >= 0.3 is 6.03 Å². The molecule has 0 saturated carbocycles. The first-order valence-electron chi connectivity index (χ1n) is 7.69. The lowest BCUT2D eigenvalue weighted by Crippen LogP contribution is -2.52. The van der Waals surface area contributed by atoms with Crippen LogP contribution >= 0.6 is 0 Å². The van der Waals surface area contributed by atoms with E-state index < -0.39 is 0 Å². The van der Waals surface area contributed by atoms with Crippen molar-refractivity contribution >= 4 is 12.0 Å². The third-order valence-electron chi connectivity index (χ3n) is 3.84. The quantitative estimate of drug-likeness (QED) is 0.861. The number of amides is 2. The Morgan fingerprint density at radius 1 is 1.22 bits per heavy atom. The summed E-state index contributed by atoms with van der Waals surface area (Å²) in [5, 5.41) is 10.8. The molecule has 9 nitrogen and oxygen atoms in total. The van der Waals surface area contributed by atoms with E-state index in [9.17, 15) is 4.79 Å². The second kappa shape index (κ2) is 7.03. The number of urea groups is 1. The van der Waals surface area contributed by atoms with E-state index in [1.54, 1.807) is 29.7 Å². The Hall–Kier alpha value is -2.71. The van der Waals surface area contributed by atoms with Crippen LogP contribution < -0.4 is 10.2 Å². The zero-order valence-electron chi connectivity index (χ0n) is 13.1. The number of hydrogen-bond acceptors (Lipinski definition) is 6. The summed E-state index contributed by atoms with van der Waals surface area (Å²) in [6, 6.07) is 1.71. The Labute approximate surface area is 134 Å². The second-order valence-corrected chi connectivity index (χ2v) is 5.21. The van der Waals surface area contributed by atoms with Gasteiger partial charge in [0.1, 0.15) is 6.33 Å². The molecule has 0 atom stereocenters. The Balaban J connectivity index is 1.48. The van der Waals surface area contributed by atoms with Crippen LogP contribution in [0.3, 0.4) is 0 Å². The number of hydrogen-bond donors (Lipinski definition) is 1. The number of aromatic nitrogens is 5. The Bertz CT molecular complexity index is 635. The second-order valence-electron chi connectivity index (χ2n) is 5.21. The Kier molecular flexibility index (Phi) is 4.65. The van der Waals surface area contributed by atoms with E-state index in [4.69, 9.17) is 0 Å². The molecule has 23 heavy (non-hydrogen) atoms. The van der Waals surface area contributed by atoms with E-state index in [0.29, 0.717) is 25.6 Å². The predicted molar refractivity (Wildman–Crippen MR) is 83.7 cm³/mol. The number of carbonyl (C=O) groups is 1. The summed E-state index contributed by atoms with van der Waals surface area (Å²) in [5.41, 5.74) is 0. The molecule has 1 saturated heterocycles. The lowest BCUT2D eigenvalue weighted by molar-refractivity contribution is 0.193. The molecule has 122 valence electrons. The van der Waals surface area contributed by atoms with E-state index in [0.717, 1.165) is 25.5 Å². The molecule has 1 N–H and O–H groups in total. The Morgan fingerprint density at radius 2 is 1.96 bits per heavy atom. The van der Waals surface area contributed by atoms with Gasteiger partial charge in [-0.1, -0.05) is 0 Å². The molecule has 0 aromatic carbocycles. The standard InChI is InChI=1S/C14H20N8O/c1-2-20-11-18-19-12(20)10-17-14(23)22-8-6-21(7-9-22)13-15-4-3-5-16-13/h3-5,11H,2,6-10H2,1H3,(H,17,23). The lowest BCUT2D eigenvalue weighted by atomic mass is 10.3. The Morgan fingerprint density at radius 3 is 2.65 bits per heavy atom. The number of nitrogens with zero attached hydrogens (tertiary/aromatic N) is 7. The summed E-state index contributed by atoms with van der Waals surface area (Å²) in [7, 11) is 0. The van der Waals surface area contributed by atoms with Crippen molar-refractivity contribution in [2.45, 2.75) is 20.0 Å². The molecule has 1 aliphatic heterocycles. The van der Waals surface area contributed by atoms with Gasteiger partial charge in [-0.15, -0.1) is 10.2 Å². The monoisotopic (exact) mass is 316 g/mol. The SMILES string of the molecule is CCn1cnnc1CNC(=O)N1CCN(c2ncccn2)CC1. The van der Waals surface area contributed by atoms with Crippen LogP contribution in [0.4, 0.5) is 10.7 Å². The van der Waals surface area contributed by atoms with Gasteiger partial charge in [0.15, 0.2) is 5.82 Å². The fraction of sp³-hybridized carbons (Fsp3) is 0.500. The average molecular weight is 316 g/mol. The minimum Gasteiger partial charge on any atom is -0.337 e. The lowest BCUT2D eigenvalue weighted by Gasteiger charge is -2.34. The van der Waals surface area contributed by atoms with Crippen LogP contribution in [0.5, 0.6) is 0 Å². The summed E-state index contributed by atoms with van der Waals surface area (Å²) < 4.78 is 1.91. The number of aryl methyl sites for hydroxylation is 1. The van der Waals surface area contributed by atoms with Crippen LogP contribution in [0, 0.1) is 0 Å². The molecular formula is C14H20N8O. The van der Waals surface area contributed by atoms with Gasteiger partial charge in [-0.2, -0.15) is 0 Å². The maximum absolute atomic E-state index is 12.2. The van der Waals surface area contributed by atoms with Gasteiger partial charge in [-0.25, -0.2) is 14.8 Å². The van der Waals surface area contributed by atoms with Crippen LogP contribution in [0.25, 0.3) is 0 Å². The van der Waals surface area contributed by atoms with E-state index in [2.05, 4.69) is 30.4 Å². The highest BCUT2D eigenvalue weighted by Crippen LogP contribution is 2.09. The van der Waals surface area contributed by atoms with Crippen molar-refractivity contribution in [1.82, 2.24) is 34.9 Å². The number of rotatable bonds is 4. The maximum Gasteiger partial charge on any atom is 0.317 e.